The summed E-state index contributed by atoms with van der Waals surface area (Å²) >= 11 is 0. The van der Waals surface area contributed by atoms with Crippen LogP contribution in [0, 0.1) is 11.2 Å². The van der Waals surface area contributed by atoms with Gasteiger partial charge < -0.3 is 16.0 Å². The van der Waals surface area contributed by atoms with Crippen molar-refractivity contribution in [2.45, 2.75) is 34.1 Å². The van der Waals surface area contributed by atoms with Crippen molar-refractivity contribution in [2.24, 2.45) is 10.4 Å². The maximum Gasteiger partial charge on any atom is 0.227 e. The van der Waals surface area contributed by atoms with Gasteiger partial charge >= 0.3 is 0 Å². The van der Waals surface area contributed by atoms with Gasteiger partial charge in [0, 0.05) is 19.6 Å². The van der Waals surface area contributed by atoms with Gasteiger partial charge in [0.15, 0.2) is 5.96 Å². The molecule has 0 aliphatic carbocycles. The molecule has 0 unspecified atom stereocenters. The van der Waals surface area contributed by atoms with Crippen LogP contribution in [0.1, 0.15) is 33.3 Å². The van der Waals surface area contributed by atoms with E-state index in [-0.39, 0.29) is 11.7 Å². The molecule has 0 aliphatic heterocycles. The normalized spacial score (nSPS) is 12.0. The number of benzene rings is 1. The fraction of sp³-hybridized carbons (Fsp3) is 0.556. The summed E-state index contributed by atoms with van der Waals surface area (Å²) in [4.78, 5) is 16.5. The van der Waals surface area contributed by atoms with Crippen molar-refractivity contribution in [3.8, 4) is 0 Å². The fourth-order valence-electron chi connectivity index (χ4n) is 2.11. The number of hydrogen-bond donors (Lipinski definition) is 3. The molecule has 0 aliphatic rings. The zero-order valence-corrected chi connectivity index (χ0v) is 15.1. The average molecular weight is 336 g/mol. The molecule has 134 valence electrons. The molecular formula is C18H29FN4O. The van der Waals surface area contributed by atoms with Crippen molar-refractivity contribution in [2.75, 3.05) is 26.2 Å². The Morgan fingerprint density at radius 2 is 1.79 bits per heavy atom. The van der Waals surface area contributed by atoms with Crippen LogP contribution in [0.25, 0.3) is 0 Å². The quantitative estimate of drug-likeness (QED) is 0.503. The summed E-state index contributed by atoms with van der Waals surface area (Å²) < 4.78 is 13.6. The maximum absolute atomic E-state index is 13.6. The van der Waals surface area contributed by atoms with Gasteiger partial charge in [-0.15, -0.1) is 0 Å². The number of nitrogens with one attached hydrogen (secondary N) is 3. The minimum Gasteiger partial charge on any atom is -0.357 e. The van der Waals surface area contributed by atoms with Crippen molar-refractivity contribution < 1.29 is 9.18 Å². The summed E-state index contributed by atoms with van der Waals surface area (Å²) in [6, 6.07) is 6.75. The first kappa shape index (κ1) is 19.9. The zero-order chi connectivity index (χ0) is 18.0. The number of carbonyl (C=O) groups is 1. The number of nitrogens with zero attached hydrogens (tertiary/aromatic N) is 1. The van der Waals surface area contributed by atoms with Crippen LogP contribution in [-0.4, -0.2) is 38.0 Å². The van der Waals surface area contributed by atoms with Gasteiger partial charge in [-0.3, -0.25) is 9.79 Å². The Hall–Kier alpha value is -2.11. The van der Waals surface area contributed by atoms with Gasteiger partial charge in [0.05, 0.1) is 12.0 Å². The first-order valence-corrected chi connectivity index (χ1v) is 8.44. The lowest BCUT2D eigenvalue weighted by Gasteiger charge is -2.22. The molecule has 1 aromatic rings. The van der Waals surface area contributed by atoms with Crippen LogP contribution in [0.3, 0.4) is 0 Å². The standard InChI is InChI=1S/C18H29FN4O/c1-5-20-16(24)18(3,4)13-23-17(21-6-2)22-12-11-14-9-7-8-10-15(14)19/h7-10H,5-6,11-13H2,1-4H3,(H,20,24)(H2,21,22,23). The Balaban J connectivity index is 2.59. The SMILES string of the molecule is CCNC(=O)C(C)(C)CN=C(NCC)NCCc1ccccc1F. The molecule has 1 aromatic carbocycles. The monoisotopic (exact) mass is 336 g/mol. The van der Waals surface area contributed by atoms with Crippen LogP contribution in [0.15, 0.2) is 29.3 Å². The third kappa shape index (κ3) is 6.56. The molecule has 6 heteroatoms. The predicted octanol–water partition coefficient (Wildman–Crippen LogP) is 2.09. The van der Waals surface area contributed by atoms with E-state index in [0.717, 1.165) is 0 Å². The lowest BCUT2D eigenvalue weighted by atomic mass is 9.92. The van der Waals surface area contributed by atoms with Crippen molar-refractivity contribution in [3.05, 3.63) is 35.6 Å². The molecule has 0 fully saturated rings. The second-order valence-corrected chi connectivity index (χ2v) is 6.21. The summed E-state index contributed by atoms with van der Waals surface area (Å²) in [6.07, 6.45) is 0.566. The van der Waals surface area contributed by atoms with Crippen molar-refractivity contribution >= 4 is 11.9 Å². The molecule has 1 rings (SSSR count). The molecule has 0 saturated carbocycles. The molecular weight excluding hydrogens is 307 g/mol. The second kappa shape index (κ2) is 9.90. The van der Waals surface area contributed by atoms with Crippen molar-refractivity contribution in [1.82, 2.24) is 16.0 Å². The van der Waals surface area contributed by atoms with E-state index in [0.29, 0.717) is 44.1 Å². The lowest BCUT2D eigenvalue weighted by molar-refractivity contribution is -0.128. The van der Waals surface area contributed by atoms with E-state index >= 15 is 0 Å². The number of hydrogen-bond acceptors (Lipinski definition) is 2. The predicted molar refractivity (Wildman–Crippen MR) is 96.6 cm³/mol. The Bertz CT molecular complexity index is 558. The van der Waals surface area contributed by atoms with Gasteiger partial charge in [0.1, 0.15) is 5.82 Å². The van der Waals surface area contributed by atoms with Crippen molar-refractivity contribution in [1.29, 1.82) is 0 Å². The van der Waals surface area contributed by atoms with E-state index in [1.54, 1.807) is 12.1 Å². The summed E-state index contributed by atoms with van der Waals surface area (Å²) in [6.45, 7) is 9.85. The molecule has 1 amide bonds. The molecule has 0 aromatic heterocycles. The van der Waals surface area contributed by atoms with Crippen LogP contribution < -0.4 is 16.0 Å². The van der Waals surface area contributed by atoms with E-state index in [2.05, 4.69) is 20.9 Å². The molecule has 0 spiro atoms. The van der Waals surface area contributed by atoms with Crippen LogP contribution >= 0.6 is 0 Å². The number of carbonyl (C=O) groups excluding carboxylic acids is 1. The summed E-state index contributed by atoms with van der Waals surface area (Å²) in [5, 5.41) is 9.14. The van der Waals surface area contributed by atoms with E-state index in [1.807, 2.05) is 33.8 Å². The third-order valence-electron chi connectivity index (χ3n) is 3.57. The minimum absolute atomic E-state index is 0.0176. The Labute approximate surface area is 144 Å². The smallest absolute Gasteiger partial charge is 0.227 e. The number of amides is 1. The summed E-state index contributed by atoms with van der Waals surface area (Å²) in [5.74, 6) is 0.417. The van der Waals surface area contributed by atoms with Crippen LogP contribution in [0.5, 0.6) is 0 Å². The average Bonchev–Trinajstić information content (AvgIpc) is 2.54. The highest BCUT2D eigenvalue weighted by atomic mass is 19.1. The van der Waals surface area contributed by atoms with Gasteiger partial charge in [-0.05, 0) is 45.7 Å². The molecule has 3 N–H and O–H groups in total. The second-order valence-electron chi connectivity index (χ2n) is 6.21. The van der Waals surface area contributed by atoms with Gasteiger partial charge in [0.25, 0.3) is 0 Å². The van der Waals surface area contributed by atoms with Gasteiger partial charge in [0.2, 0.25) is 5.91 Å². The maximum atomic E-state index is 13.6. The zero-order valence-electron chi connectivity index (χ0n) is 15.1. The number of rotatable bonds is 8. The van der Waals surface area contributed by atoms with E-state index < -0.39 is 5.41 Å². The minimum atomic E-state index is -0.579. The molecule has 0 saturated heterocycles. The number of halogens is 1. The highest BCUT2D eigenvalue weighted by molar-refractivity contribution is 5.83. The Kier molecular flexibility index (Phi) is 8.22. The molecule has 0 atom stereocenters. The Morgan fingerprint density at radius 1 is 1.12 bits per heavy atom. The van der Waals surface area contributed by atoms with Crippen LogP contribution in [0.4, 0.5) is 4.39 Å². The molecule has 5 nitrogen and oxygen atoms in total. The first-order chi connectivity index (χ1) is 11.4. The summed E-state index contributed by atoms with van der Waals surface area (Å²) in [7, 11) is 0. The fourth-order valence-corrected chi connectivity index (χ4v) is 2.11. The largest absolute Gasteiger partial charge is 0.357 e. The van der Waals surface area contributed by atoms with Crippen molar-refractivity contribution in [3.63, 3.8) is 0 Å². The van der Waals surface area contributed by atoms with Gasteiger partial charge in [-0.25, -0.2) is 4.39 Å². The van der Waals surface area contributed by atoms with Gasteiger partial charge in [-0.1, -0.05) is 18.2 Å². The highest BCUT2D eigenvalue weighted by Gasteiger charge is 2.26. The number of guanidine groups is 1. The lowest BCUT2D eigenvalue weighted by Crippen LogP contribution is -2.42. The topological polar surface area (TPSA) is 65.5 Å². The molecule has 0 radical (unpaired) electrons. The molecule has 24 heavy (non-hydrogen) atoms. The highest BCUT2D eigenvalue weighted by Crippen LogP contribution is 2.15. The Morgan fingerprint density at radius 3 is 2.42 bits per heavy atom. The van der Waals surface area contributed by atoms with Crippen LogP contribution in [-0.2, 0) is 11.2 Å². The van der Waals surface area contributed by atoms with E-state index in [4.69, 9.17) is 0 Å². The van der Waals surface area contributed by atoms with E-state index in [1.165, 1.54) is 6.07 Å². The number of aliphatic imine (C=N–C) groups is 1. The molecule has 0 bridgehead atoms. The van der Waals surface area contributed by atoms with Crippen LogP contribution in [0.2, 0.25) is 0 Å². The third-order valence-corrected chi connectivity index (χ3v) is 3.57. The molecule has 0 heterocycles. The first-order valence-electron chi connectivity index (χ1n) is 8.44. The van der Waals surface area contributed by atoms with E-state index in [9.17, 15) is 9.18 Å². The summed E-state index contributed by atoms with van der Waals surface area (Å²) in [5.41, 5.74) is 0.0904. The van der Waals surface area contributed by atoms with Gasteiger partial charge in [-0.2, -0.15) is 0 Å².